The van der Waals surface area contributed by atoms with E-state index in [0.717, 1.165) is 34.5 Å². The number of hydrogen-bond donors (Lipinski definition) is 0. The van der Waals surface area contributed by atoms with E-state index in [0.29, 0.717) is 12.6 Å². The first-order valence-electron chi connectivity index (χ1n) is 7.54. The lowest BCUT2D eigenvalue weighted by molar-refractivity contribution is 0.112. The molecule has 0 N–H and O–H groups in total. The third kappa shape index (κ3) is 2.61. The molecule has 1 aromatic heterocycles. The summed E-state index contributed by atoms with van der Waals surface area (Å²) >= 11 is 1.53. The topological polar surface area (TPSA) is 42.4 Å². The van der Waals surface area contributed by atoms with Gasteiger partial charge in [0.2, 0.25) is 0 Å². The highest BCUT2D eigenvalue weighted by Gasteiger charge is 2.34. The van der Waals surface area contributed by atoms with Gasteiger partial charge in [0.25, 0.3) is 0 Å². The number of piperidine rings is 1. The lowest BCUT2D eigenvalue weighted by atomic mass is 9.78. The molecular weight excluding hydrogens is 272 g/mol. The molecule has 1 aromatic rings. The van der Waals surface area contributed by atoms with E-state index in [2.05, 4.69) is 9.88 Å². The zero-order chi connectivity index (χ0) is 13.9. The summed E-state index contributed by atoms with van der Waals surface area (Å²) in [6.07, 6.45) is 8.86. The SMILES string of the molecule is COCc1nc(N2CCC[C@H]3CCCC[C@H]32)sc1C=O. The number of hydrogen-bond acceptors (Lipinski definition) is 5. The fraction of sp³-hybridized carbons (Fsp3) is 0.733. The highest BCUT2D eigenvalue weighted by atomic mass is 32.1. The van der Waals surface area contributed by atoms with Crippen molar-refractivity contribution in [1.82, 2.24) is 4.98 Å². The minimum absolute atomic E-state index is 0.423. The molecule has 2 atom stereocenters. The van der Waals surface area contributed by atoms with E-state index < -0.39 is 0 Å². The van der Waals surface area contributed by atoms with Crippen LogP contribution in [0.1, 0.15) is 53.9 Å². The largest absolute Gasteiger partial charge is 0.378 e. The molecule has 3 rings (SSSR count). The van der Waals surface area contributed by atoms with Crippen LogP contribution in [0.3, 0.4) is 0 Å². The molecule has 2 fully saturated rings. The zero-order valence-corrected chi connectivity index (χ0v) is 12.8. The van der Waals surface area contributed by atoms with E-state index in [1.54, 1.807) is 7.11 Å². The minimum atomic E-state index is 0.423. The van der Waals surface area contributed by atoms with Crippen LogP contribution in [0.25, 0.3) is 0 Å². The summed E-state index contributed by atoms with van der Waals surface area (Å²) in [5, 5.41) is 1.02. The van der Waals surface area contributed by atoms with Crippen molar-refractivity contribution in [3.05, 3.63) is 10.6 Å². The number of fused-ring (bicyclic) bond motifs is 1. The molecule has 0 bridgehead atoms. The van der Waals surface area contributed by atoms with Crippen molar-refractivity contribution in [2.75, 3.05) is 18.6 Å². The van der Waals surface area contributed by atoms with Gasteiger partial charge in [0, 0.05) is 19.7 Å². The normalized spacial score (nSPS) is 26.4. The number of carbonyl (C=O) groups is 1. The Kier molecular flexibility index (Phi) is 4.36. The number of nitrogens with zero attached hydrogens (tertiary/aromatic N) is 2. The van der Waals surface area contributed by atoms with Gasteiger partial charge in [-0.15, -0.1) is 0 Å². The maximum Gasteiger partial charge on any atom is 0.186 e. The van der Waals surface area contributed by atoms with Gasteiger partial charge in [-0.05, 0) is 31.6 Å². The van der Waals surface area contributed by atoms with Crippen LogP contribution >= 0.6 is 11.3 Å². The second kappa shape index (κ2) is 6.22. The van der Waals surface area contributed by atoms with Crippen LogP contribution < -0.4 is 4.90 Å². The average molecular weight is 294 g/mol. The number of methoxy groups -OCH3 is 1. The van der Waals surface area contributed by atoms with Crippen molar-refractivity contribution in [1.29, 1.82) is 0 Å². The number of aromatic nitrogens is 1. The lowest BCUT2D eigenvalue weighted by Gasteiger charge is -2.44. The quantitative estimate of drug-likeness (QED) is 0.799. The van der Waals surface area contributed by atoms with E-state index >= 15 is 0 Å². The zero-order valence-electron chi connectivity index (χ0n) is 12.0. The Morgan fingerprint density at radius 2 is 2.15 bits per heavy atom. The summed E-state index contributed by atoms with van der Waals surface area (Å²) in [5.74, 6) is 0.826. The molecule has 2 aliphatic rings. The van der Waals surface area contributed by atoms with Crippen molar-refractivity contribution in [3.8, 4) is 0 Å². The Labute approximate surface area is 124 Å². The van der Waals surface area contributed by atoms with Gasteiger partial charge >= 0.3 is 0 Å². The molecule has 4 nitrogen and oxygen atoms in total. The number of thiazole rings is 1. The summed E-state index contributed by atoms with van der Waals surface area (Å²) in [6, 6.07) is 0.638. The van der Waals surface area contributed by atoms with Crippen molar-refractivity contribution in [2.24, 2.45) is 5.92 Å². The van der Waals surface area contributed by atoms with Gasteiger partial charge in [0.15, 0.2) is 11.4 Å². The summed E-state index contributed by atoms with van der Waals surface area (Å²) in [6.45, 7) is 1.51. The first-order chi connectivity index (χ1) is 9.83. The van der Waals surface area contributed by atoms with Gasteiger partial charge in [-0.3, -0.25) is 4.79 Å². The summed E-state index contributed by atoms with van der Waals surface area (Å²) in [7, 11) is 1.64. The van der Waals surface area contributed by atoms with Gasteiger partial charge in [0.05, 0.1) is 17.2 Å². The third-order valence-corrected chi connectivity index (χ3v) is 5.65. The second-order valence-corrected chi connectivity index (χ2v) is 6.81. The molecule has 1 aliphatic heterocycles. The standard InChI is InChI=1S/C15H22N2O2S/c1-19-10-12-14(9-18)20-15(16-12)17-8-4-6-11-5-2-3-7-13(11)17/h9,11,13H,2-8,10H2,1H3/t11-,13-/m1/s1. The fourth-order valence-electron chi connectivity index (χ4n) is 3.67. The molecule has 2 heterocycles. The van der Waals surface area contributed by atoms with Gasteiger partial charge < -0.3 is 9.64 Å². The van der Waals surface area contributed by atoms with Crippen LogP contribution in [0, 0.1) is 5.92 Å². The smallest absolute Gasteiger partial charge is 0.186 e. The van der Waals surface area contributed by atoms with Gasteiger partial charge in [-0.25, -0.2) is 4.98 Å². The van der Waals surface area contributed by atoms with Crippen molar-refractivity contribution < 1.29 is 9.53 Å². The molecule has 1 saturated carbocycles. The third-order valence-electron chi connectivity index (χ3n) is 4.59. The summed E-state index contributed by atoms with van der Waals surface area (Å²) < 4.78 is 5.14. The van der Waals surface area contributed by atoms with Crippen LogP contribution in [0.5, 0.6) is 0 Å². The molecule has 0 radical (unpaired) electrons. The molecule has 0 aromatic carbocycles. The molecular formula is C15H22N2O2S. The maximum absolute atomic E-state index is 11.2. The monoisotopic (exact) mass is 294 g/mol. The Balaban J connectivity index is 1.85. The molecule has 0 amide bonds. The predicted molar refractivity (Wildman–Crippen MR) is 80.5 cm³/mol. The molecule has 0 spiro atoms. The van der Waals surface area contributed by atoms with Crippen molar-refractivity contribution >= 4 is 22.8 Å². The highest BCUT2D eigenvalue weighted by Crippen LogP contribution is 2.39. The molecule has 0 unspecified atom stereocenters. The lowest BCUT2D eigenvalue weighted by Crippen LogP contribution is -2.46. The van der Waals surface area contributed by atoms with E-state index in [4.69, 9.17) is 4.74 Å². The Morgan fingerprint density at radius 1 is 1.35 bits per heavy atom. The fourth-order valence-corrected chi connectivity index (χ4v) is 4.63. The Morgan fingerprint density at radius 3 is 2.95 bits per heavy atom. The van der Waals surface area contributed by atoms with E-state index in [-0.39, 0.29) is 0 Å². The number of anilines is 1. The molecule has 5 heteroatoms. The average Bonchev–Trinajstić information content (AvgIpc) is 2.90. The minimum Gasteiger partial charge on any atom is -0.378 e. The molecule has 110 valence electrons. The molecule has 20 heavy (non-hydrogen) atoms. The first kappa shape index (κ1) is 14.0. The van der Waals surface area contributed by atoms with Gasteiger partial charge in [-0.2, -0.15) is 0 Å². The van der Waals surface area contributed by atoms with Crippen molar-refractivity contribution in [3.63, 3.8) is 0 Å². The van der Waals surface area contributed by atoms with Crippen LogP contribution in [0.4, 0.5) is 5.13 Å². The second-order valence-electron chi connectivity index (χ2n) is 5.81. The molecule has 1 aliphatic carbocycles. The first-order valence-corrected chi connectivity index (χ1v) is 8.35. The van der Waals surface area contributed by atoms with Crippen LogP contribution in [0.2, 0.25) is 0 Å². The van der Waals surface area contributed by atoms with Crippen LogP contribution in [-0.2, 0) is 11.3 Å². The van der Waals surface area contributed by atoms with Crippen LogP contribution in [-0.4, -0.2) is 31.0 Å². The number of carbonyl (C=O) groups excluding carboxylic acids is 1. The van der Waals surface area contributed by atoms with Crippen molar-refractivity contribution in [2.45, 2.75) is 51.2 Å². The van der Waals surface area contributed by atoms with Gasteiger partial charge in [0.1, 0.15) is 0 Å². The number of rotatable bonds is 4. The Bertz CT molecular complexity index is 472. The van der Waals surface area contributed by atoms with E-state index in [9.17, 15) is 4.79 Å². The van der Waals surface area contributed by atoms with E-state index in [1.807, 2.05) is 0 Å². The predicted octanol–water partition coefficient (Wildman–Crippen LogP) is 3.26. The summed E-state index contributed by atoms with van der Waals surface area (Å²) in [5.41, 5.74) is 0.792. The number of aldehydes is 1. The molecule has 1 saturated heterocycles. The maximum atomic E-state index is 11.2. The number of ether oxygens (including phenoxy) is 1. The summed E-state index contributed by atoms with van der Waals surface area (Å²) in [4.78, 5) is 19.0. The van der Waals surface area contributed by atoms with Crippen LogP contribution in [0.15, 0.2) is 0 Å². The van der Waals surface area contributed by atoms with E-state index in [1.165, 1.54) is 49.9 Å². The highest BCUT2D eigenvalue weighted by molar-refractivity contribution is 7.17. The van der Waals surface area contributed by atoms with Gasteiger partial charge in [-0.1, -0.05) is 24.2 Å². The Hall–Kier alpha value is -0.940.